The van der Waals surface area contributed by atoms with E-state index in [9.17, 15) is 20.1 Å². The molecule has 0 spiro atoms. The number of benzene rings is 4. The lowest BCUT2D eigenvalue weighted by Crippen LogP contribution is -2.18. The fourth-order valence-corrected chi connectivity index (χ4v) is 10.3. The van der Waals surface area contributed by atoms with Gasteiger partial charge in [0.25, 0.3) is 0 Å². The van der Waals surface area contributed by atoms with Crippen molar-refractivity contribution in [2.45, 2.75) is 91.3 Å². The number of aromatic nitrogens is 2. The predicted octanol–water partition coefficient (Wildman–Crippen LogP) is 12.7. The molecular weight excluding hydrogens is 918 g/mol. The van der Waals surface area contributed by atoms with Gasteiger partial charge in [-0.3, -0.25) is 9.59 Å². The van der Waals surface area contributed by atoms with Crippen molar-refractivity contribution in [2.24, 2.45) is 25.9 Å². The SMILES string of the molecule is CCOC(=O)[C@@H]1CC[C@H](Oc2ccc(Cl)c(Cc3cc4c(C)cc(C#N)cc4n3C)c2Cl)C1.CCOC(=O)[C@H]1CC[C@H](Oc2ccc(Cl)c(Cc3cc4c(C)cc(C#N)cc4n3C)c2Cl)C1. The molecule has 0 N–H and O–H groups in total. The van der Waals surface area contributed by atoms with Gasteiger partial charge < -0.3 is 28.1 Å². The zero-order valence-electron chi connectivity index (χ0n) is 37.9. The maximum Gasteiger partial charge on any atom is 0.309 e. The van der Waals surface area contributed by atoms with Gasteiger partial charge in [0.05, 0.1) is 70.6 Å². The van der Waals surface area contributed by atoms with E-state index in [0.29, 0.717) is 81.6 Å². The van der Waals surface area contributed by atoms with E-state index in [1.165, 1.54) is 0 Å². The highest BCUT2D eigenvalue weighted by molar-refractivity contribution is 6.37. The van der Waals surface area contributed by atoms with E-state index in [1.807, 2.05) is 66.1 Å². The number of halogens is 4. The number of rotatable bonds is 12. The monoisotopic (exact) mass is 968 g/mol. The second-order valence-corrected chi connectivity index (χ2v) is 18.7. The van der Waals surface area contributed by atoms with Gasteiger partial charge in [0.2, 0.25) is 0 Å². The van der Waals surface area contributed by atoms with Gasteiger partial charge in [0, 0.05) is 70.2 Å². The van der Waals surface area contributed by atoms with E-state index < -0.39 is 0 Å². The lowest BCUT2D eigenvalue weighted by molar-refractivity contribution is -0.148. The molecule has 0 saturated heterocycles. The zero-order valence-corrected chi connectivity index (χ0v) is 40.9. The quantitative estimate of drug-likeness (QED) is 0.111. The second-order valence-electron chi connectivity index (χ2n) is 17.1. The lowest BCUT2D eigenvalue weighted by atomic mass is 10.1. The molecular formula is C52H52Cl4N4O6. The van der Waals surface area contributed by atoms with Gasteiger partial charge >= 0.3 is 11.9 Å². The molecule has 6 aromatic rings. The Morgan fingerprint density at radius 1 is 0.621 bits per heavy atom. The van der Waals surface area contributed by atoms with Gasteiger partial charge in [0.15, 0.2) is 0 Å². The summed E-state index contributed by atoms with van der Waals surface area (Å²) in [4.78, 5) is 24.1. The van der Waals surface area contributed by atoms with E-state index in [4.69, 9.17) is 65.4 Å². The average molecular weight is 971 g/mol. The number of esters is 2. The zero-order chi connectivity index (χ0) is 47.4. The number of carbonyl (C=O) groups is 2. The van der Waals surface area contributed by atoms with Crippen molar-refractivity contribution in [1.29, 1.82) is 10.5 Å². The highest BCUT2D eigenvalue weighted by Gasteiger charge is 2.34. The molecule has 14 heteroatoms. The third-order valence-electron chi connectivity index (χ3n) is 12.8. The first-order valence-corrected chi connectivity index (χ1v) is 23.7. The molecule has 2 saturated carbocycles. The fourth-order valence-electron chi connectivity index (χ4n) is 9.22. The summed E-state index contributed by atoms with van der Waals surface area (Å²) in [6.45, 7) is 8.42. The predicted molar refractivity (Wildman–Crippen MR) is 260 cm³/mol. The number of carbonyl (C=O) groups excluding carboxylic acids is 2. The normalized spacial score (nSPS) is 17.8. The molecule has 66 heavy (non-hydrogen) atoms. The molecule has 2 aliphatic rings. The summed E-state index contributed by atoms with van der Waals surface area (Å²) in [7, 11) is 3.96. The molecule has 8 rings (SSSR count). The van der Waals surface area contributed by atoms with Crippen molar-refractivity contribution >= 4 is 80.1 Å². The Bertz CT molecular complexity index is 2710. The molecule has 4 aromatic carbocycles. The van der Waals surface area contributed by atoms with Crippen molar-refractivity contribution in [3.05, 3.63) is 126 Å². The van der Waals surface area contributed by atoms with Gasteiger partial charge in [-0.25, -0.2) is 0 Å². The Balaban J connectivity index is 0.000000196. The van der Waals surface area contributed by atoms with Gasteiger partial charge in [0.1, 0.15) is 11.5 Å². The van der Waals surface area contributed by atoms with Crippen molar-refractivity contribution in [3.8, 4) is 23.6 Å². The van der Waals surface area contributed by atoms with Crippen LogP contribution in [0.25, 0.3) is 21.8 Å². The first-order chi connectivity index (χ1) is 31.6. The van der Waals surface area contributed by atoms with Gasteiger partial charge in [-0.1, -0.05) is 46.4 Å². The summed E-state index contributed by atoms with van der Waals surface area (Å²) in [5.41, 5.74) is 9.03. The summed E-state index contributed by atoms with van der Waals surface area (Å²) in [6, 6.07) is 23.4. The van der Waals surface area contributed by atoms with Crippen LogP contribution in [0.3, 0.4) is 0 Å². The second kappa shape index (κ2) is 21.1. The Hall–Kier alpha value is -5.36. The standard InChI is InChI=1S/2C26H26Cl2N2O3/c2*1-4-32-26(31)17-5-6-19(11-17)33-24-8-7-22(27)21(25(24)28)13-18-12-20-15(2)9-16(14-29)10-23(20)30(18)3/h2*7-10,12,17,19H,4-6,11,13H2,1-3H3/t17-,19+;17-,19-/m10/s1. The van der Waals surface area contributed by atoms with Crippen molar-refractivity contribution in [3.63, 3.8) is 0 Å². The number of hydrogen-bond acceptors (Lipinski definition) is 8. The number of nitriles is 2. The first-order valence-electron chi connectivity index (χ1n) is 22.2. The highest BCUT2D eigenvalue weighted by Crippen LogP contribution is 2.41. The van der Waals surface area contributed by atoms with Crippen LogP contribution in [0.4, 0.5) is 0 Å². The Kier molecular flexibility index (Phi) is 15.5. The molecule has 2 fully saturated rings. The minimum absolute atomic E-state index is 0.0874. The van der Waals surface area contributed by atoms with E-state index in [-0.39, 0.29) is 36.0 Å². The van der Waals surface area contributed by atoms with Crippen molar-refractivity contribution in [1.82, 2.24) is 9.13 Å². The molecule has 0 radical (unpaired) electrons. The van der Waals surface area contributed by atoms with Crippen LogP contribution in [0.2, 0.25) is 20.1 Å². The number of fused-ring (bicyclic) bond motifs is 2. The van der Waals surface area contributed by atoms with Crippen LogP contribution in [0.5, 0.6) is 11.5 Å². The fraction of sp³-hybridized carbons (Fsp3) is 0.385. The highest BCUT2D eigenvalue weighted by atomic mass is 35.5. The minimum atomic E-state index is -0.155. The maximum absolute atomic E-state index is 12.0. The maximum atomic E-state index is 12.0. The number of aryl methyl sites for hydroxylation is 4. The Morgan fingerprint density at radius 2 is 1.02 bits per heavy atom. The van der Waals surface area contributed by atoms with Crippen LogP contribution in [0, 0.1) is 48.3 Å². The van der Waals surface area contributed by atoms with Gasteiger partial charge in [-0.15, -0.1) is 0 Å². The molecule has 344 valence electrons. The van der Waals surface area contributed by atoms with E-state index in [2.05, 4.69) is 33.4 Å². The Labute approximate surface area is 405 Å². The van der Waals surface area contributed by atoms with Crippen LogP contribution in [-0.2, 0) is 46.0 Å². The van der Waals surface area contributed by atoms with E-state index >= 15 is 0 Å². The summed E-state index contributed by atoms with van der Waals surface area (Å²) < 4.78 is 26.8. The van der Waals surface area contributed by atoms with Crippen LogP contribution in [0.15, 0.2) is 60.7 Å². The van der Waals surface area contributed by atoms with Crippen molar-refractivity contribution < 1.29 is 28.5 Å². The van der Waals surface area contributed by atoms with Crippen LogP contribution >= 0.6 is 46.4 Å². The first kappa shape index (κ1) is 48.6. The van der Waals surface area contributed by atoms with E-state index in [1.54, 1.807) is 24.3 Å². The molecule has 4 atom stereocenters. The largest absolute Gasteiger partial charge is 0.489 e. The minimum Gasteiger partial charge on any atom is -0.489 e. The van der Waals surface area contributed by atoms with Crippen LogP contribution in [-0.4, -0.2) is 46.5 Å². The number of nitrogens with zero attached hydrogens (tertiary/aromatic N) is 4. The Morgan fingerprint density at radius 3 is 1.38 bits per heavy atom. The molecule has 2 aromatic heterocycles. The molecule has 0 aliphatic heterocycles. The lowest BCUT2D eigenvalue weighted by Gasteiger charge is -2.18. The van der Waals surface area contributed by atoms with Gasteiger partial charge in [-0.2, -0.15) is 10.5 Å². The molecule has 2 heterocycles. The smallest absolute Gasteiger partial charge is 0.309 e. The summed E-state index contributed by atoms with van der Waals surface area (Å²) in [5, 5.41) is 22.9. The third kappa shape index (κ3) is 10.4. The summed E-state index contributed by atoms with van der Waals surface area (Å²) >= 11 is 26.6. The van der Waals surface area contributed by atoms with Crippen LogP contribution in [0.1, 0.15) is 97.1 Å². The third-order valence-corrected chi connectivity index (χ3v) is 14.3. The topological polar surface area (TPSA) is 129 Å². The van der Waals surface area contributed by atoms with Crippen molar-refractivity contribution in [2.75, 3.05) is 13.2 Å². The van der Waals surface area contributed by atoms with Gasteiger partial charge in [-0.05, 0) is 149 Å². The van der Waals surface area contributed by atoms with Crippen LogP contribution < -0.4 is 9.47 Å². The molecule has 10 nitrogen and oxygen atoms in total. The number of hydrogen-bond donors (Lipinski definition) is 0. The summed E-state index contributed by atoms with van der Waals surface area (Å²) in [5.74, 6) is 0.587. The summed E-state index contributed by atoms with van der Waals surface area (Å²) in [6.07, 6.45) is 5.18. The number of ether oxygens (including phenoxy) is 4. The molecule has 0 amide bonds. The average Bonchev–Trinajstić information content (AvgIpc) is 4.10. The molecule has 0 unspecified atom stereocenters. The van der Waals surface area contributed by atoms with E-state index in [0.717, 1.165) is 81.1 Å². The molecule has 0 bridgehead atoms. The molecule has 2 aliphatic carbocycles.